The molecule has 0 aliphatic carbocycles. The van der Waals surface area contributed by atoms with Crippen LogP contribution >= 0.6 is 0 Å². The van der Waals surface area contributed by atoms with Crippen molar-refractivity contribution in [1.29, 1.82) is 0 Å². The monoisotopic (exact) mass is 303 g/mol. The van der Waals surface area contributed by atoms with Crippen LogP contribution in [0.4, 0.5) is 10.1 Å². The second-order valence-electron chi connectivity index (χ2n) is 4.40. The minimum atomic E-state index is -3.93. The predicted molar refractivity (Wildman–Crippen MR) is 73.9 cm³/mol. The van der Waals surface area contributed by atoms with E-state index in [1.807, 2.05) is 0 Å². The number of halogens is 1. The van der Waals surface area contributed by atoms with Gasteiger partial charge in [-0.05, 0) is 18.2 Å². The molecule has 0 bridgehead atoms. The summed E-state index contributed by atoms with van der Waals surface area (Å²) in [6.07, 6.45) is 0. The van der Waals surface area contributed by atoms with Gasteiger partial charge in [0, 0.05) is 20.6 Å². The van der Waals surface area contributed by atoms with Crippen LogP contribution in [0.15, 0.2) is 23.1 Å². The highest BCUT2D eigenvalue weighted by Crippen LogP contribution is 2.20. The molecule has 0 aliphatic rings. The van der Waals surface area contributed by atoms with E-state index in [1.165, 1.54) is 31.1 Å². The molecular formula is C12H18FN3O3S. The molecule has 0 atom stereocenters. The molecule has 0 saturated heterocycles. The first-order valence-corrected chi connectivity index (χ1v) is 7.39. The highest BCUT2D eigenvalue weighted by atomic mass is 32.2. The fourth-order valence-corrected chi connectivity index (χ4v) is 2.89. The number of amides is 1. The molecule has 1 aromatic carbocycles. The minimum absolute atomic E-state index is 0.105. The van der Waals surface area contributed by atoms with Gasteiger partial charge in [0.15, 0.2) is 0 Å². The summed E-state index contributed by atoms with van der Waals surface area (Å²) in [6, 6.07) is 3.26. The summed E-state index contributed by atoms with van der Waals surface area (Å²) in [7, 11) is -0.862. The molecule has 0 spiro atoms. The van der Waals surface area contributed by atoms with Gasteiger partial charge in [0.2, 0.25) is 15.9 Å². The summed E-state index contributed by atoms with van der Waals surface area (Å²) in [5, 5.41) is 0. The van der Waals surface area contributed by atoms with Crippen LogP contribution in [0.5, 0.6) is 0 Å². The van der Waals surface area contributed by atoms with Crippen molar-refractivity contribution in [3.8, 4) is 0 Å². The zero-order valence-electron chi connectivity index (χ0n) is 11.6. The second-order valence-corrected chi connectivity index (χ2v) is 6.34. The lowest BCUT2D eigenvalue weighted by Gasteiger charge is -2.22. The van der Waals surface area contributed by atoms with E-state index in [2.05, 4.69) is 0 Å². The molecule has 112 valence electrons. The quantitative estimate of drug-likeness (QED) is 0.803. The molecule has 2 N–H and O–H groups in total. The van der Waals surface area contributed by atoms with Crippen LogP contribution in [0.25, 0.3) is 0 Å². The van der Waals surface area contributed by atoms with Gasteiger partial charge in [-0.15, -0.1) is 0 Å². The first-order chi connectivity index (χ1) is 9.20. The summed E-state index contributed by atoms with van der Waals surface area (Å²) in [4.78, 5) is 12.7. The van der Waals surface area contributed by atoms with Crippen LogP contribution in [0.1, 0.15) is 6.92 Å². The van der Waals surface area contributed by atoms with Gasteiger partial charge < -0.3 is 10.6 Å². The maximum absolute atomic E-state index is 13.4. The van der Waals surface area contributed by atoms with E-state index in [0.29, 0.717) is 0 Å². The lowest BCUT2D eigenvalue weighted by Crippen LogP contribution is -2.40. The largest absolute Gasteiger partial charge is 0.396 e. The highest BCUT2D eigenvalue weighted by molar-refractivity contribution is 7.89. The number of nitrogen functional groups attached to an aromatic ring is 1. The third-order valence-corrected chi connectivity index (χ3v) is 4.69. The number of rotatable bonds is 5. The Balaban J connectivity index is 3.12. The summed E-state index contributed by atoms with van der Waals surface area (Å²) in [5.74, 6) is -1.16. The molecule has 6 nitrogen and oxygen atoms in total. The van der Waals surface area contributed by atoms with Crippen molar-refractivity contribution in [2.24, 2.45) is 0 Å². The lowest BCUT2D eigenvalue weighted by molar-refractivity contribution is -0.128. The predicted octanol–water partition coefficient (Wildman–Crippen LogP) is 0.507. The Kier molecular flexibility index (Phi) is 5.07. The van der Waals surface area contributed by atoms with Gasteiger partial charge in [-0.1, -0.05) is 6.92 Å². The Morgan fingerprint density at radius 1 is 1.35 bits per heavy atom. The number of sulfonamides is 1. The van der Waals surface area contributed by atoms with Gasteiger partial charge in [-0.3, -0.25) is 4.79 Å². The van der Waals surface area contributed by atoms with E-state index in [1.54, 1.807) is 6.92 Å². The van der Waals surface area contributed by atoms with Gasteiger partial charge >= 0.3 is 0 Å². The standard InChI is InChI=1S/C12H18FN3O3S/c1-4-16(8-12(17)15(2)3)20(18,19)9-5-6-11(14)10(13)7-9/h5-7H,4,8,14H2,1-3H3. The number of hydrogen-bond donors (Lipinski definition) is 1. The number of anilines is 1. The molecule has 1 amide bonds. The summed E-state index contributed by atoms with van der Waals surface area (Å²) in [5.41, 5.74) is 5.19. The van der Waals surface area contributed by atoms with E-state index in [0.717, 1.165) is 10.4 Å². The van der Waals surface area contributed by atoms with Gasteiger partial charge in [0.05, 0.1) is 17.1 Å². The molecule has 0 aromatic heterocycles. The van der Waals surface area contributed by atoms with Gasteiger partial charge in [0.25, 0.3) is 0 Å². The number of likely N-dealkylation sites (N-methyl/N-ethyl adjacent to an activating group) is 2. The molecular weight excluding hydrogens is 285 g/mol. The van der Waals surface area contributed by atoms with Crippen LogP contribution < -0.4 is 5.73 Å². The van der Waals surface area contributed by atoms with E-state index in [-0.39, 0.29) is 29.6 Å². The molecule has 1 aromatic rings. The van der Waals surface area contributed by atoms with Crippen molar-refractivity contribution in [2.45, 2.75) is 11.8 Å². The molecule has 0 radical (unpaired) electrons. The van der Waals surface area contributed by atoms with E-state index in [4.69, 9.17) is 5.73 Å². The number of nitrogens with zero attached hydrogens (tertiary/aromatic N) is 2. The summed E-state index contributed by atoms with van der Waals surface area (Å²) < 4.78 is 39.0. The van der Waals surface area contributed by atoms with Crippen LogP contribution in [0, 0.1) is 5.82 Å². The molecule has 8 heteroatoms. The maximum atomic E-state index is 13.4. The minimum Gasteiger partial charge on any atom is -0.396 e. The Hall–Kier alpha value is -1.67. The Labute approximate surface area is 118 Å². The molecule has 0 aliphatic heterocycles. The first-order valence-electron chi connectivity index (χ1n) is 5.95. The molecule has 0 heterocycles. The van der Waals surface area contributed by atoms with Crippen molar-refractivity contribution < 1.29 is 17.6 Å². The fourth-order valence-electron chi connectivity index (χ4n) is 1.48. The fraction of sp³-hybridized carbons (Fsp3) is 0.417. The average Bonchev–Trinajstić information content (AvgIpc) is 2.38. The third kappa shape index (κ3) is 3.45. The second kappa shape index (κ2) is 6.19. The smallest absolute Gasteiger partial charge is 0.243 e. The topological polar surface area (TPSA) is 83.7 Å². The number of carbonyl (C=O) groups excluding carboxylic acids is 1. The van der Waals surface area contributed by atoms with Crippen LogP contribution in [-0.4, -0.2) is 50.7 Å². The lowest BCUT2D eigenvalue weighted by atomic mass is 10.3. The molecule has 0 unspecified atom stereocenters. The molecule has 0 fully saturated rings. The highest BCUT2D eigenvalue weighted by Gasteiger charge is 2.26. The number of carbonyl (C=O) groups is 1. The van der Waals surface area contributed by atoms with Crippen molar-refractivity contribution in [3.63, 3.8) is 0 Å². The van der Waals surface area contributed by atoms with Crippen LogP contribution in [-0.2, 0) is 14.8 Å². The van der Waals surface area contributed by atoms with Crippen LogP contribution in [0.3, 0.4) is 0 Å². The molecule has 1 rings (SSSR count). The van der Waals surface area contributed by atoms with E-state index >= 15 is 0 Å². The zero-order chi connectivity index (χ0) is 15.5. The average molecular weight is 303 g/mol. The van der Waals surface area contributed by atoms with Gasteiger partial charge in [0.1, 0.15) is 5.82 Å². The SMILES string of the molecule is CCN(CC(=O)N(C)C)S(=O)(=O)c1ccc(N)c(F)c1. The number of benzene rings is 1. The Morgan fingerprint density at radius 3 is 2.40 bits per heavy atom. The van der Waals surface area contributed by atoms with Crippen molar-refractivity contribution in [3.05, 3.63) is 24.0 Å². The van der Waals surface area contributed by atoms with E-state index in [9.17, 15) is 17.6 Å². The maximum Gasteiger partial charge on any atom is 0.243 e. The van der Waals surface area contributed by atoms with E-state index < -0.39 is 15.8 Å². The zero-order valence-corrected chi connectivity index (χ0v) is 12.4. The molecule has 20 heavy (non-hydrogen) atoms. The third-order valence-electron chi connectivity index (χ3n) is 2.77. The van der Waals surface area contributed by atoms with Crippen molar-refractivity contribution in [1.82, 2.24) is 9.21 Å². The van der Waals surface area contributed by atoms with Gasteiger partial charge in [-0.2, -0.15) is 4.31 Å². The van der Waals surface area contributed by atoms with Crippen molar-refractivity contribution in [2.75, 3.05) is 32.9 Å². The molecule has 0 saturated carbocycles. The summed E-state index contributed by atoms with van der Waals surface area (Å²) in [6.45, 7) is 1.42. The first kappa shape index (κ1) is 16.4. The summed E-state index contributed by atoms with van der Waals surface area (Å²) >= 11 is 0. The Morgan fingerprint density at radius 2 is 1.95 bits per heavy atom. The van der Waals surface area contributed by atoms with Gasteiger partial charge in [-0.25, -0.2) is 12.8 Å². The van der Waals surface area contributed by atoms with Crippen LogP contribution in [0.2, 0.25) is 0 Å². The number of hydrogen-bond acceptors (Lipinski definition) is 4. The number of nitrogens with two attached hydrogens (primary N) is 1. The van der Waals surface area contributed by atoms with Crippen molar-refractivity contribution >= 4 is 21.6 Å². The normalized spacial score (nSPS) is 11.7. The Bertz CT molecular complexity index is 602.